The molecule has 0 radical (unpaired) electrons. The lowest BCUT2D eigenvalue weighted by Crippen LogP contribution is -2.38. The highest BCUT2D eigenvalue weighted by Crippen LogP contribution is 2.29. The van der Waals surface area contributed by atoms with E-state index in [0.717, 1.165) is 45.9 Å². The number of para-hydroxylation sites is 1. The molecular weight excluding hydrogens is 477 g/mol. The summed E-state index contributed by atoms with van der Waals surface area (Å²) in [6, 6.07) is 13.6. The summed E-state index contributed by atoms with van der Waals surface area (Å²) in [6.45, 7) is 5.32. The fourth-order valence-corrected chi connectivity index (χ4v) is 3.79. The molecule has 2 amide bonds. The molecular formula is C24H23F3N6O3. The minimum Gasteiger partial charge on any atom is -0.475 e. The third kappa shape index (κ3) is 5.32. The lowest BCUT2D eigenvalue weighted by atomic mass is 10.0. The van der Waals surface area contributed by atoms with Gasteiger partial charge < -0.3 is 20.3 Å². The number of aryl methyl sites for hydroxylation is 2. The SMILES string of the molecule is Cc1cc2nc(-c3n[nH]c4c3CCN(C(=O)Nc3ccccc3)C4)[nH]c2cc1C.O=C(O)C(F)(F)F. The van der Waals surface area contributed by atoms with Gasteiger partial charge in [0.2, 0.25) is 0 Å². The zero-order valence-corrected chi connectivity index (χ0v) is 19.4. The van der Waals surface area contributed by atoms with Crippen molar-refractivity contribution in [1.29, 1.82) is 0 Å². The second-order valence-electron chi connectivity index (χ2n) is 8.34. The summed E-state index contributed by atoms with van der Waals surface area (Å²) in [4.78, 5) is 31.4. The third-order valence-electron chi connectivity index (χ3n) is 5.81. The zero-order valence-electron chi connectivity index (χ0n) is 19.4. The molecule has 0 atom stereocenters. The van der Waals surface area contributed by atoms with Gasteiger partial charge in [-0.05, 0) is 55.7 Å². The smallest absolute Gasteiger partial charge is 0.475 e. The number of halogens is 3. The van der Waals surface area contributed by atoms with E-state index in [-0.39, 0.29) is 6.03 Å². The Bertz CT molecular complexity index is 1370. The molecule has 4 N–H and O–H groups in total. The summed E-state index contributed by atoms with van der Waals surface area (Å²) in [5, 5.41) is 17.7. The van der Waals surface area contributed by atoms with Crippen LogP contribution in [-0.4, -0.2) is 54.9 Å². The lowest BCUT2D eigenvalue weighted by molar-refractivity contribution is -0.192. The van der Waals surface area contributed by atoms with Crippen molar-refractivity contribution >= 4 is 28.7 Å². The number of carboxylic acids is 1. The quantitative estimate of drug-likeness (QED) is 0.315. The van der Waals surface area contributed by atoms with E-state index in [0.29, 0.717) is 13.1 Å². The van der Waals surface area contributed by atoms with Gasteiger partial charge in [-0.2, -0.15) is 18.3 Å². The molecule has 0 unspecified atom stereocenters. The number of benzene rings is 2. The van der Waals surface area contributed by atoms with Crippen molar-refractivity contribution in [2.75, 3.05) is 11.9 Å². The second-order valence-corrected chi connectivity index (χ2v) is 8.34. The maximum Gasteiger partial charge on any atom is 0.490 e. The maximum absolute atomic E-state index is 12.6. The molecule has 1 aliphatic heterocycles. The topological polar surface area (TPSA) is 127 Å². The van der Waals surface area contributed by atoms with Crippen LogP contribution in [0.2, 0.25) is 0 Å². The predicted octanol–water partition coefficient (Wildman–Crippen LogP) is 4.79. The number of carbonyl (C=O) groups is 2. The molecule has 188 valence electrons. The van der Waals surface area contributed by atoms with Crippen LogP contribution in [0, 0.1) is 13.8 Å². The Morgan fingerprint density at radius 2 is 1.78 bits per heavy atom. The number of hydrogen-bond acceptors (Lipinski definition) is 4. The number of nitrogens with one attached hydrogen (secondary N) is 3. The largest absolute Gasteiger partial charge is 0.490 e. The summed E-state index contributed by atoms with van der Waals surface area (Å²) in [6.07, 6.45) is -4.35. The van der Waals surface area contributed by atoms with E-state index in [1.807, 2.05) is 30.3 Å². The molecule has 1 aliphatic rings. The van der Waals surface area contributed by atoms with Crippen molar-refractivity contribution in [1.82, 2.24) is 25.1 Å². The number of aromatic nitrogens is 4. The van der Waals surface area contributed by atoms with Crippen molar-refractivity contribution in [2.45, 2.75) is 33.0 Å². The van der Waals surface area contributed by atoms with Gasteiger partial charge in [0.15, 0.2) is 5.82 Å². The monoisotopic (exact) mass is 500 g/mol. The Kier molecular flexibility index (Phi) is 6.69. The number of alkyl halides is 3. The molecule has 0 bridgehead atoms. The van der Waals surface area contributed by atoms with Crippen LogP contribution in [0.5, 0.6) is 0 Å². The van der Waals surface area contributed by atoms with Crippen LogP contribution in [0.1, 0.15) is 22.4 Å². The number of urea groups is 1. The zero-order chi connectivity index (χ0) is 26.0. The summed E-state index contributed by atoms with van der Waals surface area (Å²) < 4.78 is 31.7. The van der Waals surface area contributed by atoms with Gasteiger partial charge in [0.05, 0.1) is 23.3 Å². The van der Waals surface area contributed by atoms with Gasteiger partial charge in [0.1, 0.15) is 5.69 Å². The van der Waals surface area contributed by atoms with Crippen LogP contribution in [0.3, 0.4) is 0 Å². The van der Waals surface area contributed by atoms with E-state index in [1.165, 1.54) is 11.1 Å². The number of aliphatic carboxylic acids is 1. The molecule has 0 saturated heterocycles. The van der Waals surface area contributed by atoms with Crippen LogP contribution in [0.4, 0.5) is 23.7 Å². The Morgan fingerprint density at radius 3 is 2.44 bits per heavy atom. The number of amides is 2. The number of H-pyrrole nitrogens is 2. The van der Waals surface area contributed by atoms with E-state index in [4.69, 9.17) is 14.9 Å². The highest BCUT2D eigenvalue weighted by atomic mass is 19.4. The molecule has 0 aliphatic carbocycles. The molecule has 5 rings (SSSR count). The average molecular weight is 500 g/mol. The number of carboxylic acid groups (broad SMARTS) is 1. The summed E-state index contributed by atoms with van der Waals surface area (Å²) in [7, 11) is 0. The molecule has 2 aromatic heterocycles. The number of nitrogens with zero attached hydrogens (tertiary/aromatic N) is 3. The number of fused-ring (bicyclic) bond motifs is 2. The van der Waals surface area contributed by atoms with Crippen LogP contribution in [0.15, 0.2) is 42.5 Å². The van der Waals surface area contributed by atoms with Crippen LogP contribution >= 0.6 is 0 Å². The van der Waals surface area contributed by atoms with E-state index in [2.05, 4.69) is 46.5 Å². The van der Waals surface area contributed by atoms with Gasteiger partial charge in [-0.15, -0.1) is 0 Å². The van der Waals surface area contributed by atoms with Crippen molar-refractivity contribution in [3.63, 3.8) is 0 Å². The number of anilines is 1. The van der Waals surface area contributed by atoms with Crippen LogP contribution in [-0.2, 0) is 17.8 Å². The minimum absolute atomic E-state index is 0.104. The van der Waals surface area contributed by atoms with Crippen molar-refractivity contribution < 1.29 is 27.9 Å². The molecule has 2 aromatic carbocycles. The number of hydrogen-bond donors (Lipinski definition) is 4. The molecule has 0 saturated carbocycles. The fourth-order valence-electron chi connectivity index (χ4n) is 3.79. The van der Waals surface area contributed by atoms with Crippen molar-refractivity contribution in [3.05, 3.63) is 64.8 Å². The van der Waals surface area contributed by atoms with E-state index >= 15 is 0 Å². The third-order valence-corrected chi connectivity index (χ3v) is 5.81. The second kappa shape index (κ2) is 9.72. The number of carbonyl (C=O) groups excluding carboxylic acids is 1. The molecule has 3 heterocycles. The molecule has 0 spiro atoms. The van der Waals surface area contributed by atoms with E-state index < -0.39 is 12.1 Å². The Morgan fingerprint density at radius 1 is 1.11 bits per heavy atom. The molecule has 0 fully saturated rings. The van der Waals surface area contributed by atoms with E-state index in [9.17, 15) is 18.0 Å². The lowest BCUT2D eigenvalue weighted by Gasteiger charge is -2.27. The predicted molar refractivity (Wildman–Crippen MR) is 126 cm³/mol. The molecule has 4 aromatic rings. The molecule has 36 heavy (non-hydrogen) atoms. The first-order valence-corrected chi connectivity index (χ1v) is 11.0. The Hall–Kier alpha value is -4.35. The first-order chi connectivity index (χ1) is 17.0. The molecule has 12 heteroatoms. The fraction of sp³-hybridized carbons (Fsp3) is 0.250. The van der Waals surface area contributed by atoms with Crippen molar-refractivity contribution in [3.8, 4) is 11.5 Å². The number of aromatic amines is 2. The summed E-state index contributed by atoms with van der Waals surface area (Å²) in [5.41, 5.74) is 8.13. The normalized spacial score (nSPS) is 13.1. The summed E-state index contributed by atoms with van der Waals surface area (Å²) in [5.74, 6) is -1.99. The Labute approximate surface area is 203 Å². The van der Waals surface area contributed by atoms with Gasteiger partial charge in [-0.1, -0.05) is 18.2 Å². The van der Waals surface area contributed by atoms with Gasteiger partial charge in [-0.3, -0.25) is 5.10 Å². The van der Waals surface area contributed by atoms with E-state index in [1.54, 1.807) is 4.90 Å². The van der Waals surface area contributed by atoms with Gasteiger partial charge in [0.25, 0.3) is 0 Å². The van der Waals surface area contributed by atoms with Gasteiger partial charge >= 0.3 is 18.2 Å². The first-order valence-electron chi connectivity index (χ1n) is 11.0. The molecule has 9 nitrogen and oxygen atoms in total. The minimum atomic E-state index is -5.08. The highest BCUT2D eigenvalue weighted by Gasteiger charge is 2.38. The maximum atomic E-state index is 12.6. The van der Waals surface area contributed by atoms with Crippen LogP contribution in [0.25, 0.3) is 22.6 Å². The van der Waals surface area contributed by atoms with Crippen molar-refractivity contribution in [2.24, 2.45) is 0 Å². The first kappa shape index (κ1) is 24.8. The standard InChI is InChI=1S/C22H22N6O.C2HF3O2/c1-13-10-17-18(11-14(13)2)25-21(24-17)20-16-8-9-28(12-19(16)26-27-20)22(29)23-15-6-4-3-5-7-15;3-2(4,5)1(6)7/h3-7,10-11H,8-9,12H2,1-2H3,(H,23,29)(H,24,25)(H,26,27);(H,6,7). The Balaban J connectivity index is 0.000000384. The van der Waals surface area contributed by atoms with Crippen LogP contribution < -0.4 is 5.32 Å². The summed E-state index contributed by atoms with van der Waals surface area (Å²) >= 11 is 0. The van der Waals surface area contributed by atoms with Gasteiger partial charge in [-0.25, -0.2) is 14.6 Å². The van der Waals surface area contributed by atoms with Gasteiger partial charge in [0, 0.05) is 17.8 Å². The highest BCUT2D eigenvalue weighted by molar-refractivity contribution is 5.89. The number of imidazole rings is 1. The number of rotatable bonds is 2. The average Bonchev–Trinajstić information content (AvgIpc) is 3.43.